The van der Waals surface area contributed by atoms with E-state index >= 15 is 0 Å². The van der Waals surface area contributed by atoms with Gasteiger partial charge in [0, 0.05) is 31.9 Å². The van der Waals surface area contributed by atoms with Gasteiger partial charge in [0.25, 0.3) is 0 Å². The summed E-state index contributed by atoms with van der Waals surface area (Å²) in [7, 11) is 0. The van der Waals surface area contributed by atoms with Crippen LogP contribution in [0.25, 0.3) is 0 Å². The zero-order valence-corrected chi connectivity index (χ0v) is 17.8. The smallest absolute Gasteiger partial charge is 0.338 e. The second kappa shape index (κ2) is 8.61. The Hall–Kier alpha value is -3.03. The number of anilines is 1. The Morgan fingerprint density at radius 2 is 1.45 bits per heavy atom. The average molecular weight is 433 g/mol. The van der Waals surface area contributed by atoms with E-state index in [9.17, 15) is 22.8 Å². The third kappa shape index (κ3) is 5.18. The molecule has 2 aromatic carbocycles. The van der Waals surface area contributed by atoms with Crippen molar-refractivity contribution < 1.29 is 22.8 Å². The lowest BCUT2D eigenvalue weighted by Crippen LogP contribution is -2.55. The monoisotopic (exact) mass is 433 g/mol. The van der Waals surface area contributed by atoms with E-state index in [0.29, 0.717) is 37.4 Å². The summed E-state index contributed by atoms with van der Waals surface area (Å²) in [5.74, 6) is -0.259. The van der Waals surface area contributed by atoms with E-state index in [4.69, 9.17) is 0 Å². The Labute approximate surface area is 179 Å². The Morgan fingerprint density at radius 1 is 0.871 bits per heavy atom. The first kappa shape index (κ1) is 22.7. The van der Waals surface area contributed by atoms with Gasteiger partial charge in [0.2, 0.25) is 5.91 Å². The van der Waals surface area contributed by atoms with E-state index < -0.39 is 17.2 Å². The molecule has 3 amide bonds. The number of nitrogens with one attached hydrogen (secondary N) is 1. The third-order valence-electron chi connectivity index (χ3n) is 5.57. The van der Waals surface area contributed by atoms with Gasteiger partial charge in [0.15, 0.2) is 0 Å². The van der Waals surface area contributed by atoms with Gasteiger partial charge < -0.3 is 15.1 Å². The van der Waals surface area contributed by atoms with Crippen LogP contribution in [-0.4, -0.2) is 47.9 Å². The standard InChI is InChI=1S/C23H26F3N3O2/c1-16-6-4-9-19(14-16)27-21(31)29-12-10-28(11-13-29)20(30)22(2,3)17-7-5-8-18(15-17)23(24,25)26/h4-9,14-15H,10-13H2,1-3H3,(H,27,31). The quantitative estimate of drug-likeness (QED) is 0.765. The van der Waals surface area contributed by atoms with Crippen molar-refractivity contribution in [2.75, 3.05) is 31.5 Å². The number of piperazine rings is 1. The van der Waals surface area contributed by atoms with Crippen LogP contribution >= 0.6 is 0 Å². The fraction of sp³-hybridized carbons (Fsp3) is 0.391. The lowest BCUT2D eigenvalue weighted by molar-refractivity contribution is -0.139. The Kier molecular flexibility index (Phi) is 6.29. The first-order chi connectivity index (χ1) is 14.5. The van der Waals surface area contributed by atoms with Gasteiger partial charge in [-0.15, -0.1) is 0 Å². The molecule has 1 aliphatic rings. The molecule has 0 atom stereocenters. The van der Waals surface area contributed by atoms with Crippen LogP contribution < -0.4 is 5.32 Å². The molecule has 0 bridgehead atoms. The SMILES string of the molecule is Cc1cccc(NC(=O)N2CCN(C(=O)C(C)(C)c3cccc(C(F)(F)F)c3)CC2)c1. The zero-order chi connectivity index (χ0) is 22.8. The van der Waals surface area contributed by atoms with E-state index in [2.05, 4.69) is 5.32 Å². The minimum Gasteiger partial charge on any atom is -0.338 e. The number of urea groups is 1. The molecule has 0 aromatic heterocycles. The molecule has 166 valence electrons. The Bertz CT molecular complexity index is 965. The van der Waals surface area contributed by atoms with Crippen LogP contribution in [0.1, 0.15) is 30.5 Å². The summed E-state index contributed by atoms with van der Waals surface area (Å²) in [5, 5.41) is 2.85. The molecule has 0 saturated carbocycles. The highest BCUT2D eigenvalue weighted by atomic mass is 19.4. The van der Waals surface area contributed by atoms with Crippen LogP contribution in [0, 0.1) is 6.92 Å². The van der Waals surface area contributed by atoms with Crippen molar-refractivity contribution in [3.8, 4) is 0 Å². The van der Waals surface area contributed by atoms with Crippen LogP contribution in [0.5, 0.6) is 0 Å². The second-order valence-corrected chi connectivity index (χ2v) is 8.28. The third-order valence-corrected chi connectivity index (χ3v) is 5.57. The maximum Gasteiger partial charge on any atom is 0.416 e. The number of halogens is 3. The molecule has 1 N–H and O–H groups in total. The van der Waals surface area contributed by atoms with E-state index in [1.54, 1.807) is 29.7 Å². The molecule has 0 aliphatic carbocycles. The van der Waals surface area contributed by atoms with Gasteiger partial charge in [-0.3, -0.25) is 4.79 Å². The molecule has 5 nitrogen and oxygen atoms in total. The van der Waals surface area contributed by atoms with Gasteiger partial charge in [-0.05, 0) is 50.1 Å². The summed E-state index contributed by atoms with van der Waals surface area (Å²) in [6.07, 6.45) is -4.47. The first-order valence-corrected chi connectivity index (χ1v) is 10.1. The fourth-order valence-electron chi connectivity index (χ4n) is 3.64. The van der Waals surface area contributed by atoms with Crippen molar-refractivity contribution in [3.05, 3.63) is 65.2 Å². The molecule has 1 saturated heterocycles. The number of carbonyl (C=O) groups excluding carboxylic acids is 2. The maximum absolute atomic E-state index is 13.1. The minimum atomic E-state index is -4.47. The molecule has 3 rings (SSSR count). The van der Waals surface area contributed by atoms with E-state index in [1.165, 1.54) is 6.07 Å². The van der Waals surface area contributed by atoms with Crippen molar-refractivity contribution in [3.63, 3.8) is 0 Å². The number of aryl methyl sites for hydroxylation is 1. The van der Waals surface area contributed by atoms with Crippen molar-refractivity contribution in [1.29, 1.82) is 0 Å². The predicted molar refractivity (Wildman–Crippen MR) is 113 cm³/mol. The van der Waals surface area contributed by atoms with E-state index in [1.807, 2.05) is 31.2 Å². The summed E-state index contributed by atoms with van der Waals surface area (Å²) in [6.45, 7) is 6.53. The van der Waals surface area contributed by atoms with Crippen molar-refractivity contribution in [2.45, 2.75) is 32.4 Å². The average Bonchev–Trinajstić information content (AvgIpc) is 2.73. The van der Waals surface area contributed by atoms with Gasteiger partial charge in [0.1, 0.15) is 0 Å². The van der Waals surface area contributed by atoms with Gasteiger partial charge in [-0.1, -0.05) is 30.3 Å². The number of carbonyl (C=O) groups is 2. The number of nitrogens with zero attached hydrogens (tertiary/aromatic N) is 2. The minimum absolute atomic E-state index is 0.241. The van der Waals surface area contributed by atoms with E-state index in [0.717, 1.165) is 17.7 Å². The highest BCUT2D eigenvalue weighted by Crippen LogP contribution is 2.33. The van der Waals surface area contributed by atoms with Gasteiger partial charge in [0.05, 0.1) is 11.0 Å². The number of hydrogen-bond donors (Lipinski definition) is 1. The predicted octanol–water partition coefficient (Wildman–Crippen LogP) is 4.67. The van der Waals surface area contributed by atoms with Crippen LogP contribution in [0.2, 0.25) is 0 Å². The van der Waals surface area contributed by atoms with Crippen molar-refractivity contribution >= 4 is 17.6 Å². The molecular formula is C23H26F3N3O2. The molecular weight excluding hydrogens is 407 g/mol. The molecule has 8 heteroatoms. The fourth-order valence-corrected chi connectivity index (χ4v) is 3.64. The summed E-state index contributed by atoms with van der Waals surface area (Å²) >= 11 is 0. The maximum atomic E-state index is 13.1. The van der Waals surface area contributed by atoms with Crippen LogP contribution in [0.3, 0.4) is 0 Å². The molecule has 1 heterocycles. The molecule has 0 radical (unpaired) electrons. The van der Waals surface area contributed by atoms with Gasteiger partial charge >= 0.3 is 12.2 Å². The molecule has 1 fully saturated rings. The highest BCUT2D eigenvalue weighted by Gasteiger charge is 2.38. The molecule has 2 aromatic rings. The number of benzene rings is 2. The summed E-state index contributed by atoms with van der Waals surface area (Å²) in [5.41, 5.74) is 0.155. The van der Waals surface area contributed by atoms with Gasteiger partial charge in [-0.2, -0.15) is 13.2 Å². The molecule has 1 aliphatic heterocycles. The normalized spacial score (nSPS) is 15.0. The topological polar surface area (TPSA) is 52.7 Å². The largest absolute Gasteiger partial charge is 0.416 e. The number of hydrogen-bond acceptors (Lipinski definition) is 2. The molecule has 31 heavy (non-hydrogen) atoms. The Balaban J connectivity index is 1.63. The lowest BCUT2D eigenvalue weighted by atomic mass is 9.82. The summed E-state index contributed by atoms with van der Waals surface area (Å²) in [4.78, 5) is 28.9. The number of alkyl halides is 3. The second-order valence-electron chi connectivity index (χ2n) is 8.28. The van der Waals surface area contributed by atoms with Crippen molar-refractivity contribution in [2.24, 2.45) is 0 Å². The number of amides is 3. The van der Waals surface area contributed by atoms with E-state index in [-0.39, 0.29) is 11.9 Å². The Morgan fingerprint density at radius 3 is 2.06 bits per heavy atom. The molecule has 0 spiro atoms. The highest BCUT2D eigenvalue weighted by molar-refractivity contribution is 5.90. The van der Waals surface area contributed by atoms with Crippen molar-refractivity contribution in [1.82, 2.24) is 9.80 Å². The van der Waals surface area contributed by atoms with Crippen LogP contribution in [-0.2, 0) is 16.4 Å². The first-order valence-electron chi connectivity index (χ1n) is 10.1. The van der Waals surface area contributed by atoms with Crippen LogP contribution in [0.15, 0.2) is 48.5 Å². The lowest BCUT2D eigenvalue weighted by Gasteiger charge is -2.38. The van der Waals surface area contributed by atoms with Gasteiger partial charge in [-0.25, -0.2) is 4.79 Å². The molecule has 0 unspecified atom stereocenters. The number of rotatable bonds is 3. The summed E-state index contributed by atoms with van der Waals surface area (Å²) in [6, 6.07) is 12.1. The van der Waals surface area contributed by atoms with Crippen LogP contribution in [0.4, 0.5) is 23.7 Å². The summed E-state index contributed by atoms with van der Waals surface area (Å²) < 4.78 is 39.2. The zero-order valence-electron chi connectivity index (χ0n) is 17.8.